The summed E-state index contributed by atoms with van der Waals surface area (Å²) in [4.78, 5) is 41.4. The van der Waals surface area contributed by atoms with Crippen LogP contribution in [0.15, 0.2) is 0 Å². The zero-order valence-corrected chi connectivity index (χ0v) is 13.2. The molecule has 0 radical (unpaired) electrons. The van der Waals surface area contributed by atoms with E-state index in [1.54, 1.807) is 0 Å². The summed E-state index contributed by atoms with van der Waals surface area (Å²) in [6.45, 7) is -2.62. The Labute approximate surface area is 147 Å². The average molecular weight is 438 g/mol. The second-order valence-corrected chi connectivity index (χ2v) is 4.55. The van der Waals surface area contributed by atoms with Gasteiger partial charge in [0.1, 0.15) is 12.0 Å². The van der Waals surface area contributed by atoms with Crippen LogP contribution in [0.5, 0.6) is 0 Å². The molecule has 0 bridgehead atoms. The molecule has 0 aliphatic carbocycles. The summed E-state index contributed by atoms with van der Waals surface area (Å²) in [5.74, 6) is -10.1. The van der Waals surface area contributed by atoms with E-state index in [4.69, 9.17) is 0 Å². The van der Waals surface area contributed by atoms with Crippen LogP contribution in [-0.4, -0.2) is 56.8 Å². The van der Waals surface area contributed by atoms with Gasteiger partial charge in [-0.15, -0.1) is 30.3 Å². The first-order valence-electron chi connectivity index (χ1n) is 5.99. The van der Waals surface area contributed by atoms with E-state index in [-0.39, 0.29) is 14.0 Å². The average Bonchev–Trinajstić information content (AvgIpc) is 2.53. The first-order chi connectivity index (χ1) is 12.6. The lowest BCUT2D eigenvalue weighted by atomic mass is 9.80. The predicted octanol–water partition coefficient (Wildman–Crippen LogP) is 0.785. The fourth-order valence-corrected chi connectivity index (χ4v) is 2.02. The standard InChI is InChI=1S/C6H8F6N6O10/c1-4(3-26-16(19)20,6(25-2,15(11)12)28-18(23)24)5(13(7)8,14(9)10)27-17(21)22/h3H2,1-2H3. The molecule has 0 spiro atoms. The predicted molar refractivity (Wildman–Crippen MR) is 61.8 cm³/mol. The van der Waals surface area contributed by atoms with Crippen molar-refractivity contribution in [3.8, 4) is 0 Å². The van der Waals surface area contributed by atoms with E-state index in [1.165, 1.54) is 0 Å². The van der Waals surface area contributed by atoms with Gasteiger partial charge in [-0.05, 0) is 6.92 Å². The molecule has 16 nitrogen and oxygen atoms in total. The van der Waals surface area contributed by atoms with Crippen LogP contribution < -0.4 is 0 Å². The fourth-order valence-electron chi connectivity index (χ4n) is 2.02. The van der Waals surface area contributed by atoms with Gasteiger partial charge in [-0.3, -0.25) is 9.68 Å². The van der Waals surface area contributed by atoms with E-state index in [2.05, 4.69) is 19.2 Å². The monoisotopic (exact) mass is 438 g/mol. The third kappa shape index (κ3) is 4.12. The number of methoxy groups -OCH3 is 1. The first kappa shape index (κ1) is 25.0. The Morgan fingerprint density at radius 1 is 0.821 bits per heavy atom. The van der Waals surface area contributed by atoms with Crippen molar-refractivity contribution in [1.29, 1.82) is 0 Å². The maximum atomic E-state index is 13.4. The molecule has 0 fully saturated rings. The summed E-state index contributed by atoms with van der Waals surface area (Å²) in [5.41, 5.74) is -4.35. The summed E-state index contributed by atoms with van der Waals surface area (Å²) in [5, 5.41) is 16.6. The molecule has 164 valence electrons. The molecule has 0 saturated carbocycles. The van der Waals surface area contributed by atoms with E-state index in [9.17, 15) is 57.2 Å². The van der Waals surface area contributed by atoms with Crippen LogP contribution in [0.2, 0.25) is 0 Å². The highest BCUT2D eigenvalue weighted by Gasteiger charge is 2.78. The second-order valence-electron chi connectivity index (χ2n) is 4.55. The van der Waals surface area contributed by atoms with Gasteiger partial charge in [-0.25, -0.2) is 0 Å². The molecule has 2 unspecified atom stereocenters. The van der Waals surface area contributed by atoms with Crippen LogP contribution in [0.1, 0.15) is 6.92 Å². The highest BCUT2D eigenvalue weighted by atomic mass is 19.4. The second kappa shape index (κ2) is 8.81. The number of nitrogens with zero attached hydrogens (tertiary/aromatic N) is 6. The van der Waals surface area contributed by atoms with Crippen molar-refractivity contribution in [1.82, 2.24) is 16.0 Å². The Morgan fingerprint density at radius 3 is 1.50 bits per heavy atom. The summed E-state index contributed by atoms with van der Waals surface area (Å²) < 4.78 is 84.2. The topological polar surface area (TPSA) is 176 Å². The quantitative estimate of drug-likeness (QED) is 0.130. The molecule has 0 aromatic carbocycles. The Kier molecular flexibility index (Phi) is 7.87. The van der Waals surface area contributed by atoms with Crippen molar-refractivity contribution < 1.29 is 61.4 Å². The third-order valence-electron chi connectivity index (χ3n) is 3.23. The molecule has 0 heterocycles. The fraction of sp³-hybridized carbons (Fsp3) is 1.00. The molecule has 0 aliphatic heterocycles. The van der Waals surface area contributed by atoms with Crippen molar-refractivity contribution in [2.24, 2.45) is 5.41 Å². The number of rotatable bonds is 13. The molecule has 0 aromatic heterocycles. The van der Waals surface area contributed by atoms with E-state index < -0.39 is 55.1 Å². The number of hydrogen-bond acceptors (Lipinski definition) is 13. The van der Waals surface area contributed by atoms with Crippen molar-refractivity contribution in [2.45, 2.75) is 18.7 Å². The lowest BCUT2D eigenvalue weighted by Crippen LogP contribution is -2.75. The number of halogens is 6. The normalized spacial score (nSPS) is 16.4. The van der Waals surface area contributed by atoms with Crippen molar-refractivity contribution in [3.63, 3.8) is 0 Å². The Morgan fingerprint density at radius 2 is 1.25 bits per heavy atom. The van der Waals surface area contributed by atoms with Gasteiger partial charge in [0.2, 0.25) is 0 Å². The van der Waals surface area contributed by atoms with E-state index in [1.807, 2.05) is 0 Å². The molecule has 0 saturated heterocycles. The number of hydrogen-bond donors (Lipinski definition) is 0. The first-order valence-corrected chi connectivity index (χ1v) is 5.99. The lowest BCUT2D eigenvalue weighted by molar-refractivity contribution is -0.855. The third-order valence-corrected chi connectivity index (χ3v) is 3.23. The SMILES string of the molecule is COC(O[N+](=O)[O-])(N(F)F)C(C)(CO[N+](=O)[O-])C(O[N+](=O)[O-])(N(F)F)N(F)F. The molecule has 0 N–H and O–H groups in total. The maximum absolute atomic E-state index is 13.4. The van der Waals surface area contributed by atoms with Gasteiger partial charge in [0.25, 0.3) is 15.3 Å². The Bertz CT molecular complexity index is 591. The molecule has 2 atom stereocenters. The van der Waals surface area contributed by atoms with Gasteiger partial charge in [0.05, 0.1) is 16.0 Å². The zero-order chi connectivity index (χ0) is 22.5. The van der Waals surface area contributed by atoms with E-state index in [0.29, 0.717) is 0 Å². The van der Waals surface area contributed by atoms with Gasteiger partial charge in [-0.2, -0.15) is 0 Å². The maximum Gasteiger partial charge on any atom is 0.352 e. The molecular formula is C6H8F6N6O10. The minimum Gasteiger partial charge on any atom is -0.337 e. The molecule has 0 amide bonds. The molecule has 0 aliphatic rings. The molecular weight excluding hydrogens is 430 g/mol. The highest BCUT2D eigenvalue weighted by molar-refractivity contribution is 4.98. The van der Waals surface area contributed by atoms with Gasteiger partial charge in [0.15, 0.2) is 0 Å². The Hall–Kier alpha value is -2.98. The van der Waals surface area contributed by atoms with Crippen molar-refractivity contribution in [2.75, 3.05) is 13.7 Å². The Balaban J connectivity index is 7.17. The van der Waals surface area contributed by atoms with E-state index in [0.717, 1.165) is 0 Å². The van der Waals surface area contributed by atoms with Crippen LogP contribution in [0, 0.1) is 35.8 Å². The molecule has 28 heavy (non-hydrogen) atoms. The van der Waals surface area contributed by atoms with Crippen LogP contribution in [0.25, 0.3) is 0 Å². The molecule has 0 rings (SSSR count). The highest BCUT2D eigenvalue weighted by Crippen LogP contribution is 2.52. The summed E-state index contributed by atoms with van der Waals surface area (Å²) >= 11 is 0. The van der Waals surface area contributed by atoms with Crippen molar-refractivity contribution >= 4 is 0 Å². The lowest BCUT2D eigenvalue weighted by Gasteiger charge is -2.50. The largest absolute Gasteiger partial charge is 0.352 e. The minimum absolute atomic E-state index is 0.0681. The van der Waals surface area contributed by atoms with Gasteiger partial charge >= 0.3 is 11.8 Å². The van der Waals surface area contributed by atoms with Crippen molar-refractivity contribution in [3.05, 3.63) is 30.3 Å². The van der Waals surface area contributed by atoms with Crippen LogP contribution in [0.4, 0.5) is 26.9 Å². The molecule has 22 heteroatoms. The zero-order valence-electron chi connectivity index (χ0n) is 13.2. The van der Waals surface area contributed by atoms with Gasteiger partial charge < -0.3 is 9.57 Å². The number of ether oxygens (including phenoxy) is 1. The van der Waals surface area contributed by atoms with Gasteiger partial charge in [0, 0.05) is 7.11 Å². The van der Waals surface area contributed by atoms with Crippen LogP contribution in [-0.2, 0) is 19.2 Å². The van der Waals surface area contributed by atoms with Crippen LogP contribution >= 0.6 is 0 Å². The van der Waals surface area contributed by atoms with Crippen LogP contribution in [0.3, 0.4) is 0 Å². The van der Waals surface area contributed by atoms with Gasteiger partial charge in [-0.1, -0.05) is 26.9 Å². The minimum atomic E-state index is -5.34. The summed E-state index contributed by atoms with van der Waals surface area (Å²) in [6.07, 6.45) is 0. The molecule has 0 aromatic rings. The smallest absolute Gasteiger partial charge is 0.337 e. The summed E-state index contributed by atoms with van der Waals surface area (Å²) in [6, 6.07) is 0. The summed E-state index contributed by atoms with van der Waals surface area (Å²) in [7, 11) is 0.0681. The van der Waals surface area contributed by atoms with E-state index >= 15 is 0 Å².